The Morgan fingerprint density at radius 3 is 1.69 bits per heavy atom. The van der Waals surface area contributed by atoms with Crippen molar-refractivity contribution in [2.24, 2.45) is 17.4 Å². The van der Waals surface area contributed by atoms with Gasteiger partial charge in [-0.05, 0) is 185 Å². The molecule has 3 aliphatic heterocycles. The average Bonchev–Trinajstić information content (AvgIpc) is 1.68. The molecule has 24 nitrogen and oxygen atoms in total. The number of nitrogens with two attached hydrogens (primary N) is 2. The number of fused-ring (bicyclic) bond motifs is 2. The van der Waals surface area contributed by atoms with Crippen molar-refractivity contribution in [2.75, 3.05) is 32.8 Å². The van der Waals surface area contributed by atoms with Gasteiger partial charge < -0.3 is 57.7 Å². The summed E-state index contributed by atoms with van der Waals surface area (Å²) in [4.78, 5) is 103. The van der Waals surface area contributed by atoms with Crippen LogP contribution in [0.15, 0.2) is 155 Å². The zero-order chi connectivity index (χ0) is 74.8. The number of rotatable bonds is 22. The molecular formula is C77H101N9O15S2. The van der Waals surface area contributed by atoms with Crippen molar-refractivity contribution >= 4 is 61.6 Å². The predicted octanol–water partition coefficient (Wildman–Crippen LogP) is 8.75. The molecule has 0 spiro atoms. The molecule has 7 amide bonds. The molecule has 26 heteroatoms. The molecule has 6 aromatic rings. The topological polar surface area (TPSA) is 376 Å². The van der Waals surface area contributed by atoms with Crippen LogP contribution in [0.25, 0.3) is 22.3 Å². The van der Waals surface area contributed by atoms with Gasteiger partial charge in [0.1, 0.15) is 47.8 Å². The maximum absolute atomic E-state index is 14.6. The summed E-state index contributed by atoms with van der Waals surface area (Å²) in [5.41, 5.74) is 19.2. The molecule has 3 aliphatic rings. The van der Waals surface area contributed by atoms with Gasteiger partial charge in [0, 0.05) is 31.2 Å². The third kappa shape index (κ3) is 25.1. The second kappa shape index (κ2) is 39.6. The number of amides is 7. The molecule has 0 bridgehead atoms. The second-order valence-electron chi connectivity index (χ2n) is 26.9. The number of nitrogens with one attached hydrogen (secondary N) is 5. The fourth-order valence-electron chi connectivity index (χ4n) is 12.4. The summed E-state index contributed by atoms with van der Waals surface area (Å²) in [6, 6.07) is 34.9. The van der Waals surface area contributed by atoms with E-state index in [0.717, 1.165) is 51.1 Å². The first-order valence-corrected chi connectivity index (χ1v) is 38.4. The Morgan fingerprint density at radius 1 is 0.592 bits per heavy atom. The smallest absolute Gasteiger partial charge is 0.294 e. The van der Waals surface area contributed by atoms with Gasteiger partial charge in [-0.1, -0.05) is 149 Å². The minimum atomic E-state index is -4.02. The number of unbranched alkanes of at least 4 members (excludes halogenated alkanes) is 6. The molecule has 3 heterocycles. The van der Waals surface area contributed by atoms with Crippen LogP contribution in [0.1, 0.15) is 144 Å². The van der Waals surface area contributed by atoms with Crippen LogP contribution in [0.5, 0.6) is 11.5 Å². The number of phenols is 1. The molecule has 7 atom stereocenters. The van der Waals surface area contributed by atoms with E-state index in [4.69, 9.17) is 25.3 Å². The van der Waals surface area contributed by atoms with E-state index in [2.05, 4.69) is 57.8 Å². The van der Waals surface area contributed by atoms with Gasteiger partial charge in [-0.2, -0.15) is 16.8 Å². The van der Waals surface area contributed by atoms with Gasteiger partial charge in [-0.25, -0.2) is 0 Å². The van der Waals surface area contributed by atoms with E-state index in [1.807, 2.05) is 50.2 Å². The van der Waals surface area contributed by atoms with Crippen LogP contribution in [-0.4, -0.2) is 157 Å². The molecule has 3 fully saturated rings. The lowest BCUT2D eigenvalue weighted by Crippen LogP contribution is -2.60. The van der Waals surface area contributed by atoms with Crippen molar-refractivity contribution in [3.63, 3.8) is 0 Å². The number of benzene rings is 6. The van der Waals surface area contributed by atoms with Crippen LogP contribution in [0.3, 0.4) is 0 Å². The lowest BCUT2D eigenvalue weighted by Gasteiger charge is -2.32. The highest BCUT2D eigenvalue weighted by atomic mass is 32.2. The third-order valence-electron chi connectivity index (χ3n) is 18.4. The number of ether oxygens (including phenoxy) is 1. The summed E-state index contributed by atoms with van der Waals surface area (Å²) < 4.78 is 65.1. The van der Waals surface area contributed by atoms with Crippen LogP contribution >= 0.6 is 0 Å². The van der Waals surface area contributed by atoms with Crippen LogP contribution in [0.4, 0.5) is 0 Å². The Labute approximate surface area is 605 Å². The zero-order valence-electron chi connectivity index (χ0n) is 59.4. The van der Waals surface area contributed by atoms with Gasteiger partial charge in [0.15, 0.2) is 0 Å². The van der Waals surface area contributed by atoms with Crippen molar-refractivity contribution in [3.8, 4) is 33.8 Å². The maximum Gasteiger partial charge on any atom is 0.294 e. The van der Waals surface area contributed by atoms with Gasteiger partial charge in [-0.15, -0.1) is 0 Å². The molecule has 103 heavy (non-hydrogen) atoms. The number of hydrogen-bond acceptors (Lipinski definition) is 15. The molecule has 3 saturated heterocycles. The number of phenolic OH excluding ortho intramolecular Hbond substituents is 1. The van der Waals surface area contributed by atoms with Gasteiger partial charge in [0.05, 0.1) is 16.4 Å². The molecule has 0 saturated carbocycles. The minimum Gasteiger partial charge on any atom is -0.508 e. The van der Waals surface area contributed by atoms with E-state index < -0.39 is 110 Å². The number of nitrogens with zero attached hydrogens (tertiary/aromatic N) is 2. The Hall–Kier alpha value is -9.05. The van der Waals surface area contributed by atoms with Crippen LogP contribution in [0.2, 0.25) is 0 Å². The maximum atomic E-state index is 14.6. The Kier molecular flexibility index (Phi) is 31.2. The number of hydrogen-bond donors (Lipinski definition) is 10. The first-order chi connectivity index (χ1) is 49.1. The van der Waals surface area contributed by atoms with E-state index in [9.17, 15) is 55.5 Å². The minimum absolute atomic E-state index is 0.0657. The fourth-order valence-corrected chi connectivity index (χ4v) is 13.4. The summed E-state index contributed by atoms with van der Waals surface area (Å²) >= 11 is 0. The normalized spacial score (nSPS) is 20.1. The monoisotopic (exact) mass is 1460 g/mol. The highest BCUT2D eigenvalue weighted by molar-refractivity contribution is 7.86. The van der Waals surface area contributed by atoms with Crippen molar-refractivity contribution in [3.05, 3.63) is 168 Å². The SMILES string of the molecule is CCCCCCCCOc1ccc(-c2ccc(-c3ccc(C(=O)N[C@H]4CCCNC(=O)[C@@H]5C[C@H](N)CN5C(=O)[C@H](CCCCN)NC(=O)[C@H](CCc5ccc(O)cc5)NC(=O)[C@@H]5CCCN5C(=O)[C@H](C(C)C)NC4=O)cc3)cc2)cc1.Cc1ccc(S(=O)(=O)O)cc1.Cc1ccc(S(=O)(=O)O)cc1. The molecule has 0 aliphatic carbocycles. The molecule has 12 N–H and O–H groups in total. The average molecular weight is 1460 g/mol. The van der Waals surface area contributed by atoms with E-state index in [1.165, 1.54) is 78.3 Å². The van der Waals surface area contributed by atoms with E-state index in [-0.39, 0.29) is 67.3 Å². The summed E-state index contributed by atoms with van der Waals surface area (Å²) in [5.74, 6) is -3.30. The number of aryl methyl sites for hydroxylation is 3. The van der Waals surface area contributed by atoms with Crippen LogP contribution in [-0.2, 0) is 55.4 Å². The highest BCUT2D eigenvalue weighted by Gasteiger charge is 2.43. The Morgan fingerprint density at radius 2 is 1.14 bits per heavy atom. The van der Waals surface area contributed by atoms with Crippen LogP contribution < -0.4 is 42.8 Å². The molecule has 6 aromatic carbocycles. The second-order valence-corrected chi connectivity index (χ2v) is 29.7. The Bertz CT molecular complexity index is 3920. The first kappa shape index (κ1) is 81.3. The van der Waals surface area contributed by atoms with Crippen molar-refractivity contribution in [2.45, 2.75) is 189 Å². The summed E-state index contributed by atoms with van der Waals surface area (Å²) in [6.07, 6.45) is 10.2. The molecule has 0 radical (unpaired) electrons. The standard InChI is InChI=1S/C63H85N9O9.2C7H8O3S/c1-4-5-6-7-8-11-38-81-50-32-28-46(29-33-50)44-22-20-43(21-23-44)45-24-26-47(27-25-45)57(74)67-51-15-12-36-66-60(77)55-39-48(65)40-72(55)62(79)53(14-9-10-35-64)69-58(75)52(34-19-42-17-30-49(73)31-18-42)68-61(78)54-16-13-37-71(54)63(80)56(41(2)3)70-59(51)76;2*1-6-2-4-7(5-3-6)11(8,9)10/h17-18,20-33,41,48,51-56,73H,4-16,19,34-40,64-65H2,1-3H3,(H,66,77)(H,67,74)(H,68,78)(H,69,75)(H,70,76);2*2-5H,1H3,(H,8,9,10)/t48-,51-,52-,53-,54-,55-,56-;;/m0../s1. The summed E-state index contributed by atoms with van der Waals surface area (Å²) in [5, 5.41) is 24.5. The Balaban J connectivity index is 0.000000571. The zero-order valence-corrected chi connectivity index (χ0v) is 61.1. The van der Waals surface area contributed by atoms with E-state index >= 15 is 0 Å². The highest BCUT2D eigenvalue weighted by Crippen LogP contribution is 2.29. The van der Waals surface area contributed by atoms with Gasteiger partial charge in [0.25, 0.3) is 26.1 Å². The van der Waals surface area contributed by atoms with E-state index in [1.54, 1.807) is 62.4 Å². The summed E-state index contributed by atoms with van der Waals surface area (Å²) in [7, 11) is -8.04. The molecular weight excluding hydrogens is 1360 g/mol. The molecule has 9 rings (SSSR count). The van der Waals surface area contributed by atoms with Gasteiger partial charge in [0.2, 0.25) is 35.4 Å². The third-order valence-corrected chi connectivity index (χ3v) is 20.1. The number of carbonyl (C=O) groups is 7. The lowest BCUT2D eigenvalue weighted by atomic mass is 9.99. The van der Waals surface area contributed by atoms with Crippen molar-refractivity contribution < 1.29 is 69.3 Å². The molecule has 0 aromatic heterocycles. The van der Waals surface area contributed by atoms with Crippen LogP contribution in [0, 0.1) is 19.8 Å². The van der Waals surface area contributed by atoms with Gasteiger partial charge >= 0.3 is 0 Å². The predicted molar refractivity (Wildman–Crippen MR) is 394 cm³/mol. The molecule has 0 unspecified atom stereocenters. The largest absolute Gasteiger partial charge is 0.508 e. The number of carbonyl (C=O) groups excluding carboxylic acids is 7. The first-order valence-electron chi connectivity index (χ1n) is 35.5. The van der Waals surface area contributed by atoms with E-state index in [0.29, 0.717) is 50.8 Å². The fraction of sp³-hybridized carbons (Fsp3) is 0.442. The van der Waals surface area contributed by atoms with Crippen molar-refractivity contribution in [1.82, 2.24) is 36.4 Å². The number of aromatic hydroxyl groups is 1. The lowest BCUT2D eigenvalue weighted by molar-refractivity contribution is -0.143. The summed E-state index contributed by atoms with van der Waals surface area (Å²) in [6.45, 7) is 10.9. The van der Waals surface area contributed by atoms with Gasteiger partial charge in [-0.3, -0.25) is 42.7 Å². The van der Waals surface area contributed by atoms with Crippen molar-refractivity contribution in [1.29, 1.82) is 0 Å². The molecule has 556 valence electrons. The quantitative estimate of drug-likeness (QED) is 0.0224.